The maximum Gasteiger partial charge on any atom is 0.340 e. The molecule has 0 aliphatic rings. The van der Waals surface area contributed by atoms with Crippen molar-refractivity contribution in [2.45, 2.75) is 19.0 Å². The van der Waals surface area contributed by atoms with E-state index in [0.717, 1.165) is 16.8 Å². The molecule has 0 aliphatic carbocycles. The predicted octanol–water partition coefficient (Wildman–Crippen LogP) is 4.26. The van der Waals surface area contributed by atoms with E-state index in [9.17, 15) is 9.59 Å². The minimum atomic E-state index is -0.477. The third kappa shape index (κ3) is 4.60. The molecule has 10 heteroatoms. The number of amides is 1. The van der Waals surface area contributed by atoms with E-state index in [2.05, 4.69) is 32.7 Å². The molecule has 0 aliphatic heterocycles. The number of carbonyl (C=O) groups is 2. The molecular formula is C25H22N6O3S. The van der Waals surface area contributed by atoms with E-state index in [1.165, 1.54) is 17.3 Å². The van der Waals surface area contributed by atoms with Gasteiger partial charge in [-0.05, 0) is 32.0 Å². The maximum absolute atomic E-state index is 12.6. The molecule has 0 spiro atoms. The number of para-hydroxylation sites is 1. The van der Waals surface area contributed by atoms with Crippen LogP contribution in [0.3, 0.4) is 0 Å². The van der Waals surface area contributed by atoms with Crippen LogP contribution in [0.5, 0.6) is 0 Å². The molecule has 1 amide bonds. The molecule has 0 unspecified atom stereocenters. The Hall–Kier alpha value is -4.18. The Balaban J connectivity index is 1.33. The standard InChI is InChI=1S/C25H22N6O3S/c1-3-34-24(33)18-6-4-5-7-19(18)26-22(32)15-35-25-28-27-23-21-14-20(17-10-8-16(2)9-11-17)29-31(21)13-12-30(23)25/h4-14H,3,15H2,1-2H3,(H,26,32). The van der Waals surface area contributed by atoms with Crippen LogP contribution >= 0.6 is 11.8 Å². The van der Waals surface area contributed by atoms with Crippen molar-refractivity contribution in [3.05, 3.63) is 78.1 Å². The molecule has 0 atom stereocenters. The van der Waals surface area contributed by atoms with Gasteiger partial charge in [0.05, 0.1) is 29.3 Å². The van der Waals surface area contributed by atoms with Crippen molar-refractivity contribution in [2.24, 2.45) is 0 Å². The van der Waals surface area contributed by atoms with Crippen molar-refractivity contribution in [2.75, 3.05) is 17.7 Å². The number of esters is 1. The number of aromatic nitrogens is 5. The van der Waals surface area contributed by atoms with Gasteiger partial charge in [-0.1, -0.05) is 53.7 Å². The molecule has 0 saturated carbocycles. The van der Waals surface area contributed by atoms with Crippen LogP contribution in [-0.2, 0) is 9.53 Å². The highest BCUT2D eigenvalue weighted by Crippen LogP contribution is 2.25. The Labute approximate surface area is 205 Å². The zero-order chi connectivity index (χ0) is 24.4. The van der Waals surface area contributed by atoms with Crippen LogP contribution in [0.15, 0.2) is 72.1 Å². The summed E-state index contributed by atoms with van der Waals surface area (Å²) in [6, 6.07) is 16.9. The molecule has 0 bridgehead atoms. The van der Waals surface area contributed by atoms with Crippen LogP contribution in [0.2, 0.25) is 0 Å². The fraction of sp³-hybridized carbons (Fsp3) is 0.160. The van der Waals surface area contributed by atoms with E-state index in [-0.39, 0.29) is 18.3 Å². The zero-order valence-electron chi connectivity index (χ0n) is 19.1. The van der Waals surface area contributed by atoms with Crippen molar-refractivity contribution in [3.8, 4) is 11.3 Å². The fourth-order valence-corrected chi connectivity index (χ4v) is 4.37. The van der Waals surface area contributed by atoms with E-state index < -0.39 is 5.97 Å². The first-order valence-corrected chi connectivity index (χ1v) is 12.0. The van der Waals surface area contributed by atoms with Crippen molar-refractivity contribution in [1.82, 2.24) is 24.2 Å². The van der Waals surface area contributed by atoms with Crippen LogP contribution in [0.4, 0.5) is 5.69 Å². The molecule has 176 valence electrons. The summed E-state index contributed by atoms with van der Waals surface area (Å²) in [4.78, 5) is 24.8. The molecule has 0 saturated heterocycles. The third-order valence-corrected chi connectivity index (χ3v) is 6.31. The molecular weight excluding hydrogens is 464 g/mol. The smallest absolute Gasteiger partial charge is 0.340 e. The van der Waals surface area contributed by atoms with Gasteiger partial charge in [-0.3, -0.25) is 9.20 Å². The summed E-state index contributed by atoms with van der Waals surface area (Å²) in [6.07, 6.45) is 3.66. The highest BCUT2D eigenvalue weighted by atomic mass is 32.2. The number of ether oxygens (including phenoxy) is 1. The Kier molecular flexibility index (Phi) is 6.19. The summed E-state index contributed by atoms with van der Waals surface area (Å²) >= 11 is 1.25. The number of benzene rings is 2. The summed E-state index contributed by atoms with van der Waals surface area (Å²) in [7, 11) is 0. The lowest BCUT2D eigenvalue weighted by molar-refractivity contribution is -0.113. The van der Waals surface area contributed by atoms with Gasteiger partial charge in [0, 0.05) is 18.0 Å². The zero-order valence-corrected chi connectivity index (χ0v) is 20.0. The second-order valence-corrected chi connectivity index (χ2v) is 8.75. The van der Waals surface area contributed by atoms with Crippen molar-refractivity contribution < 1.29 is 14.3 Å². The minimum Gasteiger partial charge on any atom is -0.462 e. The average Bonchev–Trinajstić information content (AvgIpc) is 3.48. The van der Waals surface area contributed by atoms with Gasteiger partial charge in [0.1, 0.15) is 5.52 Å². The lowest BCUT2D eigenvalue weighted by Crippen LogP contribution is -2.17. The lowest BCUT2D eigenvalue weighted by atomic mass is 10.1. The molecule has 5 aromatic rings. The third-order valence-electron chi connectivity index (χ3n) is 5.36. The number of anilines is 1. The van der Waals surface area contributed by atoms with Gasteiger partial charge >= 0.3 is 5.97 Å². The Morgan fingerprint density at radius 3 is 2.66 bits per heavy atom. The lowest BCUT2D eigenvalue weighted by Gasteiger charge is -2.10. The fourth-order valence-electron chi connectivity index (χ4n) is 3.65. The van der Waals surface area contributed by atoms with E-state index >= 15 is 0 Å². The normalized spacial score (nSPS) is 11.1. The number of thioether (sulfide) groups is 1. The molecule has 3 heterocycles. The van der Waals surface area contributed by atoms with E-state index in [1.807, 2.05) is 41.9 Å². The number of carbonyl (C=O) groups excluding carboxylic acids is 2. The van der Waals surface area contributed by atoms with Crippen molar-refractivity contribution >= 4 is 40.5 Å². The van der Waals surface area contributed by atoms with Crippen LogP contribution in [0.25, 0.3) is 22.4 Å². The topological polar surface area (TPSA) is 103 Å². The number of aryl methyl sites for hydroxylation is 1. The average molecular weight is 487 g/mol. The summed E-state index contributed by atoms with van der Waals surface area (Å²) in [5.41, 5.74) is 5.23. The molecule has 2 aromatic carbocycles. The van der Waals surface area contributed by atoms with Crippen LogP contribution < -0.4 is 5.32 Å². The molecule has 35 heavy (non-hydrogen) atoms. The van der Waals surface area contributed by atoms with E-state index in [1.54, 1.807) is 35.7 Å². The Bertz CT molecular complexity index is 1540. The predicted molar refractivity (Wildman–Crippen MR) is 134 cm³/mol. The molecule has 9 nitrogen and oxygen atoms in total. The van der Waals surface area contributed by atoms with Gasteiger partial charge in [0.25, 0.3) is 0 Å². The first kappa shape index (κ1) is 22.6. The van der Waals surface area contributed by atoms with E-state index in [0.29, 0.717) is 22.1 Å². The second kappa shape index (κ2) is 9.59. The molecule has 0 radical (unpaired) electrons. The molecule has 5 rings (SSSR count). The SMILES string of the molecule is CCOC(=O)c1ccccc1NC(=O)CSc1nnc2c3cc(-c4ccc(C)cc4)nn3ccn12. The van der Waals surface area contributed by atoms with Crippen LogP contribution in [-0.4, -0.2) is 48.4 Å². The number of hydrogen-bond acceptors (Lipinski definition) is 7. The first-order valence-electron chi connectivity index (χ1n) is 11.0. The van der Waals surface area contributed by atoms with Gasteiger partial charge in [0.2, 0.25) is 5.91 Å². The van der Waals surface area contributed by atoms with Gasteiger partial charge in [-0.25, -0.2) is 9.31 Å². The van der Waals surface area contributed by atoms with Gasteiger partial charge in [-0.15, -0.1) is 10.2 Å². The van der Waals surface area contributed by atoms with Crippen molar-refractivity contribution in [1.29, 1.82) is 0 Å². The molecule has 1 N–H and O–H groups in total. The molecule has 0 fully saturated rings. The molecule has 3 aromatic heterocycles. The van der Waals surface area contributed by atoms with Crippen LogP contribution in [0, 0.1) is 6.92 Å². The van der Waals surface area contributed by atoms with Crippen molar-refractivity contribution in [3.63, 3.8) is 0 Å². The monoisotopic (exact) mass is 486 g/mol. The summed E-state index contributed by atoms with van der Waals surface area (Å²) in [6.45, 7) is 4.04. The number of fused-ring (bicyclic) bond motifs is 3. The van der Waals surface area contributed by atoms with Gasteiger partial charge in [0.15, 0.2) is 10.8 Å². The largest absolute Gasteiger partial charge is 0.462 e. The minimum absolute atomic E-state index is 0.0943. The van der Waals surface area contributed by atoms with E-state index in [4.69, 9.17) is 4.74 Å². The maximum atomic E-state index is 12.6. The summed E-state index contributed by atoms with van der Waals surface area (Å²) in [5, 5.41) is 16.6. The summed E-state index contributed by atoms with van der Waals surface area (Å²) in [5.74, 6) is -0.651. The highest BCUT2D eigenvalue weighted by molar-refractivity contribution is 7.99. The first-order chi connectivity index (χ1) is 17.0. The summed E-state index contributed by atoms with van der Waals surface area (Å²) < 4.78 is 8.67. The number of nitrogens with zero attached hydrogens (tertiary/aromatic N) is 5. The number of rotatable bonds is 7. The number of hydrogen-bond donors (Lipinski definition) is 1. The van der Waals surface area contributed by atoms with Gasteiger partial charge < -0.3 is 10.1 Å². The Morgan fingerprint density at radius 1 is 1.06 bits per heavy atom. The second-order valence-electron chi connectivity index (χ2n) is 7.80. The highest BCUT2D eigenvalue weighted by Gasteiger charge is 2.16. The Morgan fingerprint density at radius 2 is 1.86 bits per heavy atom. The number of nitrogens with one attached hydrogen (secondary N) is 1. The van der Waals surface area contributed by atoms with Crippen LogP contribution in [0.1, 0.15) is 22.8 Å². The quantitative estimate of drug-likeness (QED) is 0.271. The van der Waals surface area contributed by atoms with Gasteiger partial charge in [-0.2, -0.15) is 5.10 Å².